The summed E-state index contributed by atoms with van der Waals surface area (Å²) >= 11 is 0. The van der Waals surface area contributed by atoms with Crippen LogP contribution in [0.4, 0.5) is 5.69 Å². The van der Waals surface area contributed by atoms with E-state index in [0.717, 1.165) is 32.9 Å². The minimum Gasteiger partial charge on any atom is -0.507 e. The van der Waals surface area contributed by atoms with Gasteiger partial charge in [-0.2, -0.15) is 0 Å². The van der Waals surface area contributed by atoms with Crippen molar-refractivity contribution in [3.8, 4) is 28.4 Å². The highest BCUT2D eigenvalue weighted by atomic mass is 16.5. The summed E-state index contributed by atoms with van der Waals surface area (Å²) in [5, 5.41) is 37.2. The number of benzene rings is 3. The number of hydrogen-bond acceptors (Lipinski definition) is 5. The molecule has 0 fully saturated rings. The Hall–Kier alpha value is -3.58. The van der Waals surface area contributed by atoms with E-state index in [2.05, 4.69) is 15.3 Å². The summed E-state index contributed by atoms with van der Waals surface area (Å²) in [6, 6.07) is 7.26. The molecule has 0 aliphatic rings. The molecule has 5 rings (SSSR count). The Bertz CT molecular complexity index is 1320. The van der Waals surface area contributed by atoms with Crippen LogP contribution in [0.25, 0.3) is 43.7 Å². The van der Waals surface area contributed by atoms with Crippen molar-refractivity contribution in [2.45, 2.75) is 0 Å². The number of aliphatic hydroxyl groups is 1. The molecule has 7 heteroatoms. The quantitative estimate of drug-likeness (QED) is 0.279. The van der Waals surface area contributed by atoms with Crippen LogP contribution in [-0.2, 0) is 0 Å². The Labute approximate surface area is 159 Å². The van der Waals surface area contributed by atoms with Gasteiger partial charge in [-0.1, -0.05) is 0 Å². The minimum absolute atomic E-state index is 0.0201. The third kappa shape index (κ3) is 2.13. The lowest BCUT2D eigenvalue weighted by atomic mass is 9.94. The van der Waals surface area contributed by atoms with E-state index in [1.165, 1.54) is 0 Å². The zero-order valence-electron chi connectivity index (χ0n) is 15.1. The molecular formula is C21H19N3O4. The number of phenols is 2. The second kappa shape index (κ2) is 5.97. The van der Waals surface area contributed by atoms with Gasteiger partial charge in [0, 0.05) is 57.8 Å². The molecule has 2 aromatic heterocycles. The highest BCUT2D eigenvalue weighted by Crippen LogP contribution is 2.49. The van der Waals surface area contributed by atoms with E-state index < -0.39 is 0 Å². The van der Waals surface area contributed by atoms with Crippen LogP contribution in [0, 0.1) is 0 Å². The van der Waals surface area contributed by atoms with Crippen LogP contribution in [0.3, 0.4) is 0 Å². The predicted molar refractivity (Wildman–Crippen MR) is 110 cm³/mol. The topological polar surface area (TPSA) is 114 Å². The zero-order valence-corrected chi connectivity index (χ0v) is 15.1. The first kappa shape index (κ1) is 16.6. The Morgan fingerprint density at radius 3 is 2.64 bits per heavy atom. The lowest BCUT2D eigenvalue weighted by Gasteiger charge is -2.16. The maximum absolute atomic E-state index is 11.1. The van der Waals surface area contributed by atoms with E-state index in [9.17, 15) is 15.3 Å². The number of aliphatic hydroxyl groups excluding tert-OH is 1. The third-order valence-corrected chi connectivity index (χ3v) is 5.26. The van der Waals surface area contributed by atoms with Gasteiger partial charge in [-0.05, 0) is 18.2 Å². The van der Waals surface area contributed by atoms with Crippen LogP contribution in [-0.4, -0.2) is 45.5 Å². The van der Waals surface area contributed by atoms with Crippen molar-refractivity contribution >= 4 is 38.3 Å². The number of ether oxygens (including phenoxy) is 1. The molecule has 0 bridgehead atoms. The molecule has 2 heterocycles. The standard InChI is InChI=1S/C21H19N3O4/c1-28-11-2-3-12(14(7-11)22-4-5-25)18-19-16-10(8-23-19)6-15(26)13-9-24-20(17(13)16)21(18)27/h2-3,6-9,22-27H,4-5H2,1H3. The molecule has 0 saturated heterocycles. The largest absolute Gasteiger partial charge is 0.507 e. The highest BCUT2D eigenvalue weighted by Gasteiger charge is 2.24. The highest BCUT2D eigenvalue weighted by molar-refractivity contribution is 6.29. The fourth-order valence-electron chi connectivity index (χ4n) is 4.03. The van der Waals surface area contributed by atoms with Crippen LogP contribution < -0.4 is 10.1 Å². The van der Waals surface area contributed by atoms with E-state index in [4.69, 9.17) is 4.74 Å². The van der Waals surface area contributed by atoms with Gasteiger partial charge < -0.3 is 35.3 Å². The molecule has 0 saturated carbocycles. The van der Waals surface area contributed by atoms with Crippen LogP contribution in [0.2, 0.25) is 0 Å². The summed E-state index contributed by atoms with van der Waals surface area (Å²) in [6.45, 7) is 0.347. The minimum atomic E-state index is -0.0201. The maximum Gasteiger partial charge on any atom is 0.149 e. The summed E-state index contributed by atoms with van der Waals surface area (Å²) in [4.78, 5) is 6.36. The van der Waals surface area contributed by atoms with Gasteiger partial charge in [-0.15, -0.1) is 0 Å². The second-order valence-corrected chi connectivity index (χ2v) is 6.76. The number of H-pyrrole nitrogens is 2. The number of phenolic OH excluding ortho intramolecular Hbond substituents is 2. The number of rotatable bonds is 5. The Kier molecular flexibility index (Phi) is 3.53. The summed E-state index contributed by atoms with van der Waals surface area (Å²) in [7, 11) is 1.59. The van der Waals surface area contributed by atoms with Gasteiger partial charge in [0.1, 0.15) is 17.2 Å². The molecule has 0 atom stereocenters. The van der Waals surface area contributed by atoms with Crippen molar-refractivity contribution in [3.05, 3.63) is 36.7 Å². The fraction of sp³-hybridized carbons (Fsp3) is 0.143. The number of aromatic amines is 2. The average Bonchev–Trinajstić information content (AvgIpc) is 3.32. The summed E-state index contributed by atoms with van der Waals surface area (Å²) < 4.78 is 5.33. The molecule has 142 valence electrons. The first-order valence-electron chi connectivity index (χ1n) is 8.95. The van der Waals surface area contributed by atoms with Crippen molar-refractivity contribution in [2.75, 3.05) is 25.6 Å². The number of aromatic nitrogens is 2. The molecule has 0 spiro atoms. The van der Waals surface area contributed by atoms with Crippen molar-refractivity contribution < 1.29 is 20.1 Å². The summed E-state index contributed by atoms with van der Waals surface area (Å²) in [6.07, 6.45) is 3.53. The van der Waals surface area contributed by atoms with Crippen LogP contribution in [0.1, 0.15) is 0 Å². The van der Waals surface area contributed by atoms with Gasteiger partial charge in [0.15, 0.2) is 0 Å². The van der Waals surface area contributed by atoms with E-state index in [1.54, 1.807) is 19.4 Å². The molecule has 0 unspecified atom stereocenters. The van der Waals surface area contributed by atoms with Gasteiger partial charge in [-0.3, -0.25) is 0 Å². The van der Waals surface area contributed by atoms with Crippen molar-refractivity contribution in [1.29, 1.82) is 0 Å². The smallest absolute Gasteiger partial charge is 0.149 e. The van der Waals surface area contributed by atoms with Crippen LogP contribution >= 0.6 is 0 Å². The van der Waals surface area contributed by atoms with Crippen molar-refractivity contribution in [3.63, 3.8) is 0 Å². The summed E-state index contributed by atoms with van der Waals surface area (Å²) in [5.74, 6) is 0.930. The normalized spacial score (nSPS) is 11.8. The predicted octanol–water partition coefficient (Wildman–Crippen LogP) is 3.73. The molecule has 0 aliphatic heterocycles. The number of methoxy groups -OCH3 is 1. The number of anilines is 1. The number of hydrogen-bond donors (Lipinski definition) is 6. The molecule has 6 N–H and O–H groups in total. The van der Waals surface area contributed by atoms with Crippen LogP contribution in [0.5, 0.6) is 17.2 Å². The average molecular weight is 377 g/mol. The zero-order chi connectivity index (χ0) is 19.4. The molecule has 5 aromatic rings. The second-order valence-electron chi connectivity index (χ2n) is 6.76. The van der Waals surface area contributed by atoms with Crippen LogP contribution in [0.15, 0.2) is 36.7 Å². The maximum atomic E-state index is 11.1. The fourth-order valence-corrected chi connectivity index (χ4v) is 4.03. The summed E-state index contributed by atoms with van der Waals surface area (Å²) in [5.41, 5.74) is 3.50. The Morgan fingerprint density at radius 2 is 1.86 bits per heavy atom. The lowest BCUT2D eigenvalue weighted by Crippen LogP contribution is -2.07. The first-order valence-corrected chi connectivity index (χ1v) is 8.95. The monoisotopic (exact) mass is 377 g/mol. The van der Waals surface area contributed by atoms with Crippen molar-refractivity contribution in [1.82, 2.24) is 9.97 Å². The van der Waals surface area contributed by atoms with Gasteiger partial charge in [0.05, 0.1) is 30.3 Å². The molecule has 7 nitrogen and oxygen atoms in total. The van der Waals surface area contributed by atoms with E-state index >= 15 is 0 Å². The molecule has 0 aliphatic carbocycles. The lowest BCUT2D eigenvalue weighted by molar-refractivity contribution is 0.311. The molecule has 0 amide bonds. The molecule has 0 radical (unpaired) electrons. The van der Waals surface area contributed by atoms with E-state index in [0.29, 0.717) is 28.8 Å². The van der Waals surface area contributed by atoms with E-state index in [1.807, 2.05) is 24.4 Å². The Morgan fingerprint density at radius 1 is 1.04 bits per heavy atom. The number of nitrogens with one attached hydrogen (secondary N) is 3. The number of aromatic hydroxyl groups is 2. The van der Waals surface area contributed by atoms with E-state index in [-0.39, 0.29) is 18.1 Å². The van der Waals surface area contributed by atoms with Gasteiger partial charge in [-0.25, -0.2) is 0 Å². The SMILES string of the molecule is COc1ccc(-c2c(O)c3[nH]cc4c(O)cc5c[nH]c2c5c43)c(NCCO)c1. The third-order valence-electron chi connectivity index (χ3n) is 5.26. The first-order chi connectivity index (χ1) is 13.6. The molecule has 28 heavy (non-hydrogen) atoms. The van der Waals surface area contributed by atoms with Crippen molar-refractivity contribution in [2.24, 2.45) is 0 Å². The molecule has 3 aromatic carbocycles. The molecular weight excluding hydrogens is 358 g/mol. The van der Waals surface area contributed by atoms with Gasteiger partial charge >= 0.3 is 0 Å². The Balaban J connectivity index is 1.88. The van der Waals surface area contributed by atoms with Gasteiger partial charge in [0.25, 0.3) is 0 Å². The van der Waals surface area contributed by atoms with Gasteiger partial charge in [0.2, 0.25) is 0 Å².